The lowest BCUT2D eigenvalue weighted by molar-refractivity contribution is -0.388. The van der Waals surface area contributed by atoms with Gasteiger partial charge in [0.15, 0.2) is 0 Å². The summed E-state index contributed by atoms with van der Waals surface area (Å²) in [5.74, 6) is -0.383. The van der Waals surface area contributed by atoms with Crippen molar-refractivity contribution >= 4 is 27.1 Å². The Hall–Kier alpha value is -1.21. The maximum absolute atomic E-state index is 12.0. The van der Waals surface area contributed by atoms with Gasteiger partial charge in [-0.2, -0.15) is 0 Å². The Morgan fingerprint density at radius 3 is 2.67 bits per heavy atom. The molecule has 0 aromatic carbocycles. The monoisotopic (exact) mass is 292 g/mol. The van der Waals surface area contributed by atoms with Crippen molar-refractivity contribution in [3.63, 3.8) is 0 Å². The van der Waals surface area contributed by atoms with Crippen LogP contribution in [0.1, 0.15) is 12.5 Å². The Morgan fingerprint density at radius 2 is 2.17 bits per heavy atom. The smallest absolute Gasteiger partial charge is 0.258 e. The molecule has 18 heavy (non-hydrogen) atoms. The van der Waals surface area contributed by atoms with E-state index in [4.69, 9.17) is 11.6 Å². The van der Waals surface area contributed by atoms with E-state index in [9.17, 15) is 18.5 Å². The molecule has 0 N–H and O–H groups in total. The van der Waals surface area contributed by atoms with Gasteiger partial charge in [-0.15, -0.1) is 11.6 Å². The molecule has 0 bridgehead atoms. The van der Waals surface area contributed by atoms with Gasteiger partial charge in [-0.05, 0) is 18.4 Å². The third-order valence-electron chi connectivity index (χ3n) is 2.23. The first-order valence-electron chi connectivity index (χ1n) is 5.17. The molecular weight excluding hydrogens is 280 g/mol. The highest BCUT2D eigenvalue weighted by atomic mass is 35.5. The van der Waals surface area contributed by atoms with E-state index in [0.29, 0.717) is 5.56 Å². The second-order valence-electron chi connectivity index (χ2n) is 4.13. The quantitative estimate of drug-likeness (QED) is 0.470. The van der Waals surface area contributed by atoms with Crippen molar-refractivity contribution in [2.24, 2.45) is 5.92 Å². The third-order valence-corrected chi connectivity index (χ3v) is 4.67. The molecule has 0 spiro atoms. The Kier molecular flexibility index (Phi) is 4.64. The summed E-state index contributed by atoms with van der Waals surface area (Å²) in [7, 11) is -3.80. The molecule has 0 aliphatic heterocycles. The first-order chi connectivity index (χ1) is 8.27. The van der Waals surface area contributed by atoms with Crippen molar-refractivity contribution in [1.29, 1.82) is 0 Å². The summed E-state index contributed by atoms with van der Waals surface area (Å²) < 4.78 is 24.0. The van der Waals surface area contributed by atoms with Crippen molar-refractivity contribution in [1.82, 2.24) is 4.98 Å². The first-order valence-corrected chi connectivity index (χ1v) is 7.36. The van der Waals surface area contributed by atoms with E-state index in [1.807, 2.05) is 0 Å². The topological polar surface area (TPSA) is 90.2 Å². The number of halogens is 1. The molecule has 6 nitrogen and oxygen atoms in total. The Labute approximate surface area is 110 Å². The van der Waals surface area contributed by atoms with Crippen LogP contribution in [0.2, 0.25) is 0 Å². The summed E-state index contributed by atoms with van der Waals surface area (Å²) in [6.07, 6.45) is 1.30. The van der Waals surface area contributed by atoms with Gasteiger partial charge < -0.3 is 0 Å². The van der Waals surface area contributed by atoms with E-state index < -0.39 is 25.5 Å². The number of aromatic nitrogens is 1. The van der Waals surface area contributed by atoms with Crippen LogP contribution in [0.3, 0.4) is 0 Å². The number of hydrogen-bond donors (Lipinski definition) is 0. The van der Waals surface area contributed by atoms with Crippen LogP contribution in [0.15, 0.2) is 17.3 Å². The molecule has 1 unspecified atom stereocenters. The molecule has 0 saturated heterocycles. The lowest BCUT2D eigenvalue weighted by atomic mass is 10.3. The lowest BCUT2D eigenvalue weighted by Crippen LogP contribution is -2.17. The third kappa shape index (κ3) is 3.39. The second kappa shape index (κ2) is 5.62. The van der Waals surface area contributed by atoms with E-state index in [2.05, 4.69) is 4.98 Å². The highest BCUT2D eigenvalue weighted by Crippen LogP contribution is 2.24. The second-order valence-corrected chi connectivity index (χ2v) is 6.39. The largest absolute Gasteiger partial charge is 0.306 e. The average molecular weight is 293 g/mol. The van der Waals surface area contributed by atoms with Gasteiger partial charge in [0.2, 0.25) is 14.9 Å². The highest BCUT2D eigenvalue weighted by Gasteiger charge is 2.29. The summed E-state index contributed by atoms with van der Waals surface area (Å²) in [4.78, 5) is 13.8. The fourth-order valence-corrected chi connectivity index (χ4v) is 3.34. The Balaban J connectivity index is 3.28. The van der Waals surface area contributed by atoms with E-state index >= 15 is 0 Å². The number of rotatable bonds is 5. The summed E-state index contributed by atoms with van der Waals surface area (Å²) in [5, 5.41) is 10.4. The molecule has 0 fully saturated rings. The Morgan fingerprint density at radius 1 is 1.56 bits per heavy atom. The minimum atomic E-state index is -3.80. The molecule has 0 radical (unpaired) electrons. The van der Waals surface area contributed by atoms with Crippen molar-refractivity contribution in [3.8, 4) is 0 Å². The van der Waals surface area contributed by atoms with Crippen molar-refractivity contribution in [3.05, 3.63) is 27.9 Å². The molecular formula is C10H13ClN2O4S. The summed E-state index contributed by atoms with van der Waals surface area (Å²) in [5.41, 5.74) is 0.0443. The number of pyridine rings is 1. The Bertz CT molecular complexity index is 559. The minimum absolute atomic E-state index is 0.166. The van der Waals surface area contributed by atoms with Gasteiger partial charge in [-0.1, -0.05) is 6.92 Å². The van der Waals surface area contributed by atoms with Crippen molar-refractivity contribution < 1.29 is 13.3 Å². The average Bonchev–Trinajstić information content (AvgIpc) is 2.27. The van der Waals surface area contributed by atoms with Gasteiger partial charge in [0.1, 0.15) is 0 Å². The highest BCUT2D eigenvalue weighted by molar-refractivity contribution is 7.91. The zero-order valence-electron chi connectivity index (χ0n) is 9.96. The first kappa shape index (κ1) is 14.8. The van der Waals surface area contributed by atoms with Crippen LogP contribution in [0.5, 0.6) is 0 Å². The van der Waals surface area contributed by atoms with Crippen LogP contribution in [-0.4, -0.2) is 30.0 Å². The maximum atomic E-state index is 12.0. The van der Waals surface area contributed by atoms with E-state index in [0.717, 1.165) is 0 Å². The molecule has 1 aromatic rings. The van der Waals surface area contributed by atoms with Gasteiger partial charge in [-0.25, -0.2) is 13.4 Å². The number of sulfone groups is 1. The van der Waals surface area contributed by atoms with E-state index in [-0.39, 0.29) is 17.6 Å². The van der Waals surface area contributed by atoms with Gasteiger partial charge in [0.25, 0.3) is 0 Å². The predicted octanol–water partition coefficient (Wildman–Crippen LogP) is 1.95. The fourth-order valence-electron chi connectivity index (χ4n) is 1.41. The molecule has 1 aromatic heterocycles. The standard InChI is InChI=1S/C10H13ClN2O4S/c1-7-3-9(13(14)15)10(12-5-7)18(16,17)6-8(2)4-11/h3,5,8H,4,6H2,1-2H3. The normalized spacial score (nSPS) is 13.3. The van der Waals surface area contributed by atoms with Crippen LogP contribution < -0.4 is 0 Å². The maximum Gasteiger partial charge on any atom is 0.306 e. The fraction of sp³-hybridized carbons (Fsp3) is 0.500. The van der Waals surface area contributed by atoms with Gasteiger partial charge >= 0.3 is 5.69 Å². The molecule has 0 amide bonds. The molecule has 8 heteroatoms. The van der Waals surface area contributed by atoms with Gasteiger partial charge in [0, 0.05) is 18.1 Å². The number of nitrogens with zero attached hydrogens (tertiary/aromatic N) is 2. The zero-order valence-corrected chi connectivity index (χ0v) is 11.5. The molecule has 0 aliphatic rings. The predicted molar refractivity (Wildman–Crippen MR) is 67.6 cm³/mol. The minimum Gasteiger partial charge on any atom is -0.258 e. The zero-order chi connectivity index (χ0) is 13.9. The molecule has 0 aliphatic carbocycles. The number of hydrogen-bond acceptors (Lipinski definition) is 5. The van der Waals surface area contributed by atoms with Crippen LogP contribution in [0.4, 0.5) is 5.69 Å². The summed E-state index contributed by atoms with van der Waals surface area (Å²) >= 11 is 5.55. The molecule has 1 rings (SSSR count). The van der Waals surface area contributed by atoms with Gasteiger partial charge in [-0.3, -0.25) is 10.1 Å². The van der Waals surface area contributed by atoms with Crippen molar-refractivity contribution in [2.75, 3.05) is 11.6 Å². The number of nitro groups is 1. The van der Waals surface area contributed by atoms with E-state index in [1.54, 1.807) is 13.8 Å². The summed E-state index contributed by atoms with van der Waals surface area (Å²) in [6, 6.07) is 1.20. The summed E-state index contributed by atoms with van der Waals surface area (Å²) in [6.45, 7) is 3.27. The number of alkyl halides is 1. The van der Waals surface area contributed by atoms with Crippen LogP contribution >= 0.6 is 11.6 Å². The molecule has 1 heterocycles. The number of aryl methyl sites for hydroxylation is 1. The van der Waals surface area contributed by atoms with Crippen molar-refractivity contribution in [2.45, 2.75) is 18.9 Å². The van der Waals surface area contributed by atoms with E-state index in [1.165, 1.54) is 12.3 Å². The van der Waals surface area contributed by atoms with Crippen LogP contribution in [-0.2, 0) is 9.84 Å². The lowest BCUT2D eigenvalue weighted by Gasteiger charge is -2.08. The van der Waals surface area contributed by atoms with Gasteiger partial charge in [0.05, 0.1) is 10.7 Å². The molecule has 100 valence electrons. The molecule has 0 saturated carbocycles. The molecule has 1 atom stereocenters. The van der Waals surface area contributed by atoms with Crippen LogP contribution in [0, 0.1) is 23.0 Å². The van der Waals surface area contributed by atoms with Crippen LogP contribution in [0.25, 0.3) is 0 Å². The SMILES string of the molecule is Cc1cnc(S(=O)(=O)CC(C)CCl)c([N+](=O)[O-])c1.